The van der Waals surface area contributed by atoms with Gasteiger partial charge in [0.15, 0.2) is 0 Å². The highest BCUT2D eigenvalue weighted by atomic mass is 15.1. The van der Waals surface area contributed by atoms with Crippen molar-refractivity contribution in [3.8, 4) is 0 Å². The smallest absolute Gasteiger partial charge is 0.0361 e. The fourth-order valence-electron chi connectivity index (χ4n) is 1.20. The zero-order chi connectivity index (χ0) is 10.4. The summed E-state index contributed by atoms with van der Waals surface area (Å²) < 4.78 is 0. The van der Waals surface area contributed by atoms with Crippen molar-refractivity contribution in [2.24, 2.45) is 5.73 Å². The van der Waals surface area contributed by atoms with Gasteiger partial charge in [-0.25, -0.2) is 0 Å². The Labute approximate surface area is 86.0 Å². The molecule has 2 heteroatoms. The molecule has 0 radical (unpaired) electrons. The number of anilines is 1. The van der Waals surface area contributed by atoms with Crippen LogP contribution in [0.15, 0.2) is 30.3 Å². The molecule has 1 aromatic rings. The average Bonchev–Trinajstić information content (AvgIpc) is 2.19. The predicted octanol–water partition coefficient (Wildman–Crippen LogP) is 2.11. The van der Waals surface area contributed by atoms with E-state index in [0.717, 1.165) is 6.42 Å². The Morgan fingerprint density at radius 2 is 1.86 bits per heavy atom. The molecular weight excluding hydrogens is 172 g/mol. The van der Waals surface area contributed by atoms with Crippen LogP contribution in [-0.4, -0.2) is 20.6 Å². The first-order valence-electron chi connectivity index (χ1n) is 4.88. The predicted molar refractivity (Wildman–Crippen MR) is 63.5 cm³/mol. The zero-order valence-electron chi connectivity index (χ0n) is 8.90. The maximum atomic E-state index is 5.40. The fraction of sp³-hybridized carbons (Fsp3) is 0.333. The van der Waals surface area contributed by atoms with Crippen LogP contribution in [0, 0.1) is 0 Å². The standard InChI is InChI=1S/C12H18N2/c1-14(2)12-8-6-11(7-9-12)5-3-4-10-13/h3,5-9H,4,10,13H2,1-2H3/b5-3+. The molecule has 2 N–H and O–H groups in total. The Kier molecular flexibility index (Phi) is 4.20. The zero-order valence-corrected chi connectivity index (χ0v) is 8.90. The molecule has 0 saturated heterocycles. The van der Waals surface area contributed by atoms with Gasteiger partial charge in [0.2, 0.25) is 0 Å². The molecule has 0 saturated carbocycles. The first-order chi connectivity index (χ1) is 6.74. The van der Waals surface area contributed by atoms with Crippen molar-refractivity contribution >= 4 is 11.8 Å². The number of hydrogen-bond donors (Lipinski definition) is 1. The molecule has 1 aromatic carbocycles. The summed E-state index contributed by atoms with van der Waals surface area (Å²) in [7, 11) is 4.08. The molecule has 76 valence electrons. The molecule has 0 bridgehead atoms. The van der Waals surface area contributed by atoms with Crippen LogP contribution in [0.1, 0.15) is 12.0 Å². The normalized spacial score (nSPS) is 10.8. The minimum atomic E-state index is 0.715. The second-order valence-corrected chi connectivity index (χ2v) is 3.47. The summed E-state index contributed by atoms with van der Waals surface area (Å²) in [5.41, 5.74) is 7.85. The lowest BCUT2D eigenvalue weighted by atomic mass is 10.2. The highest BCUT2D eigenvalue weighted by Crippen LogP contribution is 2.13. The monoisotopic (exact) mass is 190 g/mol. The molecule has 0 heterocycles. The Morgan fingerprint density at radius 1 is 1.21 bits per heavy atom. The van der Waals surface area contributed by atoms with Crippen LogP contribution in [0.2, 0.25) is 0 Å². The van der Waals surface area contributed by atoms with Gasteiger partial charge < -0.3 is 10.6 Å². The lowest BCUT2D eigenvalue weighted by Gasteiger charge is -2.11. The fourth-order valence-corrected chi connectivity index (χ4v) is 1.20. The lowest BCUT2D eigenvalue weighted by molar-refractivity contribution is 1.01. The third-order valence-corrected chi connectivity index (χ3v) is 2.05. The summed E-state index contributed by atoms with van der Waals surface area (Å²) in [5, 5.41) is 0. The first-order valence-corrected chi connectivity index (χ1v) is 4.88. The van der Waals surface area contributed by atoms with Gasteiger partial charge in [-0.2, -0.15) is 0 Å². The molecule has 0 fully saturated rings. The van der Waals surface area contributed by atoms with Crippen LogP contribution in [-0.2, 0) is 0 Å². The van der Waals surface area contributed by atoms with E-state index in [4.69, 9.17) is 5.73 Å². The second-order valence-electron chi connectivity index (χ2n) is 3.47. The molecular formula is C12H18N2. The van der Waals surface area contributed by atoms with E-state index in [2.05, 4.69) is 41.3 Å². The number of nitrogens with zero attached hydrogens (tertiary/aromatic N) is 1. The Morgan fingerprint density at radius 3 is 2.36 bits per heavy atom. The van der Waals surface area contributed by atoms with E-state index in [-0.39, 0.29) is 0 Å². The highest BCUT2D eigenvalue weighted by Gasteiger charge is 1.92. The minimum absolute atomic E-state index is 0.715. The van der Waals surface area contributed by atoms with Gasteiger partial charge in [-0.3, -0.25) is 0 Å². The van der Waals surface area contributed by atoms with Crippen LogP contribution in [0.25, 0.3) is 6.08 Å². The second kappa shape index (κ2) is 5.45. The van der Waals surface area contributed by atoms with E-state index in [1.54, 1.807) is 0 Å². The van der Waals surface area contributed by atoms with Crippen molar-refractivity contribution < 1.29 is 0 Å². The van der Waals surface area contributed by atoms with Crippen LogP contribution >= 0.6 is 0 Å². The molecule has 0 aliphatic heterocycles. The molecule has 0 atom stereocenters. The van der Waals surface area contributed by atoms with Crippen molar-refractivity contribution in [1.82, 2.24) is 0 Å². The lowest BCUT2D eigenvalue weighted by Crippen LogP contribution is -2.07. The third-order valence-electron chi connectivity index (χ3n) is 2.05. The molecule has 14 heavy (non-hydrogen) atoms. The Bertz CT molecular complexity index is 286. The molecule has 0 aliphatic rings. The van der Waals surface area contributed by atoms with Gasteiger partial charge in [-0.05, 0) is 30.7 Å². The van der Waals surface area contributed by atoms with Crippen LogP contribution < -0.4 is 10.6 Å². The van der Waals surface area contributed by atoms with Crippen LogP contribution in [0.5, 0.6) is 0 Å². The molecule has 0 aliphatic carbocycles. The number of hydrogen-bond acceptors (Lipinski definition) is 2. The van der Waals surface area contributed by atoms with E-state index in [9.17, 15) is 0 Å². The Hall–Kier alpha value is -1.28. The van der Waals surface area contributed by atoms with E-state index in [0.29, 0.717) is 6.54 Å². The van der Waals surface area contributed by atoms with E-state index >= 15 is 0 Å². The average molecular weight is 190 g/mol. The highest BCUT2D eigenvalue weighted by molar-refractivity contribution is 5.55. The molecule has 0 spiro atoms. The van der Waals surface area contributed by atoms with E-state index in [1.807, 2.05) is 14.1 Å². The maximum Gasteiger partial charge on any atom is 0.0361 e. The topological polar surface area (TPSA) is 29.3 Å². The SMILES string of the molecule is CN(C)c1ccc(/C=C/CCN)cc1. The number of nitrogens with two attached hydrogens (primary N) is 1. The molecule has 0 unspecified atom stereocenters. The van der Waals surface area contributed by atoms with Crippen molar-refractivity contribution in [2.45, 2.75) is 6.42 Å². The third kappa shape index (κ3) is 3.23. The Balaban J connectivity index is 2.64. The summed E-state index contributed by atoms with van der Waals surface area (Å²) >= 11 is 0. The van der Waals surface area contributed by atoms with Gasteiger partial charge in [-0.15, -0.1) is 0 Å². The van der Waals surface area contributed by atoms with Gasteiger partial charge >= 0.3 is 0 Å². The van der Waals surface area contributed by atoms with Gasteiger partial charge in [0.1, 0.15) is 0 Å². The summed E-state index contributed by atoms with van der Waals surface area (Å²) in [5.74, 6) is 0. The van der Waals surface area contributed by atoms with Crippen molar-refractivity contribution in [1.29, 1.82) is 0 Å². The van der Waals surface area contributed by atoms with Gasteiger partial charge in [0.05, 0.1) is 0 Å². The van der Waals surface area contributed by atoms with Gasteiger partial charge in [0, 0.05) is 19.8 Å². The quantitative estimate of drug-likeness (QED) is 0.788. The molecule has 0 aromatic heterocycles. The van der Waals surface area contributed by atoms with Gasteiger partial charge in [0.25, 0.3) is 0 Å². The molecule has 0 amide bonds. The van der Waals surface area contributed by atoms with E-state index < -0.39 is 0 Å². The minimum Gasteiger partial charge on any atom is -0.378 e. The van der Waals surface area contributed by atoms with Gasteiger partial charge in [-0.1, -0.05) is 24.3 Å². The number of rotatable bonds is 4. The van der Waals surface area contributed by atoms with Crippen molar-refractivity contribution in [3.63, 3.8) is 0 Å². The molecule has 1 rings (SSSR count). The van der Waals surface area contributed by atoms with Crippen LogP contribution in [0.3, 0.4) is 0 Å². The van der Waals surface area contributed by atoms with Crippen molar-refractivity contribution in [2.75, 3.05) is 25.5 Å². The number of benzene rings is 1. The summed E-state index contributed by atoms with van der Waals surface area (Å²) in [6, 6.07) is 8.45. The first kappa shape index (κ1) is 10.8. The molecule has 2 nitrogen and oxygen atoms in total. The van der Waals surface area contributed by atoms with Crippen LogP contribution in [0.4, 0.5) is 5.69 Å². The summed E-state index contributed by atoms with van der Waals surface area (Å²) in [4.78, 5) is 2.09. The van der Waals surface area contributed by atoms with Crippen molar-refractivity contribution in [3.05, 3.63) is 35.9 Å². The summed E-state index contributed by atoms with van der Waals surface area (Å²) in [6.45, 7) is 0.715. The maximum absolute atomic E-state index is 5.40. The van der Waals surface area contributed by atoms with E-state index in [1.165, 1.54) is 11.3 Å². The summed E-state index contributed by atoms with van der Waals surface area (Å²) in [6.07, 6.45) is 5.15. The largest absolute Gasteiger partial charge is 0.378 e.